The van der Waals surface area contributed by atoms with Gasteiger partial charge in [0.2, 0.25) is 15.9 Å². The number of aryl methyl sites for hydroxylation is 1. The number of hydrogen-bond acceptors (Lipinski definition) is 7. The molecular formula is C24H25N3O6S. The molecule has 10 heteroatoms. The molecule has 0 atom stereocenters. The summed E-state index contributed by atoms with van der Waals surface area (Å²) in [5.41, 5.74) is 1.32. The van der Waals surface area contributed by atoms with Crippen LogP contribution in [0.15, 0.2) is 56.5 Å². The first-order chi connectivity index (χ1) is 16.3. The van der Waals surface area contributed by atoms with Gasteiger partial charge in [-0.25, -0.2) is 8.42 Å². The molecule has 9 nitrogen and oxygen atoms in total. The maximum Gasteiger partial charge on any atom is 0.248 e. The number of nitrogens with one attached hydrogen (secondary N) is 1. The van der Waals surface area contributed by atoms with E-state index in [2.05, 4.69) is 10.5 Å². The number of ketones is 1. The standard InChI is InChI=1S/C24H25N3O6S/c1-16-23(22(33-26-16)9-8-21-7-4-14-32-21)34(30,31)27-12-10-18(11-13-27)24(29)25-20-6-3-5-19(15-20)17(2)28/h3-9,14-15,18H,10-13H2,1-2H3,(H,25,29)/b9-8+. The molecule has 0 aliphatic carbocycles. The molecule has 0 radical (unpaired) electrons. The molecular weight excluding hydrogens is 458 g/mol. The van der Waals surface area contributed by atoms with E-state index in [0.717, 1.165) is 0 Å². The molecule has 4 rings (SSSR count). The van der Waals surface area contributed by atoms with Crippen molar-refractivity contribution in [1.29, 1.82) is 0 Å². The van der Waals surface area contributed by atoms with E-state index in [0.29, 0.717) is 29.9 Å². The fraction of sp³-hybridized carbons (Fsp3) is 0.292. The van der Waals surface area contributed by atoms with E-state index in [1.807, 2.05) is 0 Å². The SMILES string of the molecule is CC(=O)c1cccc(NC(=O)C2CCN(S(=O)(=O)c3c(C)noc3/C=C/c3ccco3)CC2)c1. The zero-order chi connectivity index (χ0) is 24.3. The number of carbonyl (C=O) groups excluding carboxylic acids is 2. The molecule has 34 heavy (non-hydrogen) atoms. The van der Waals surface area contributed by atoms with E-state index in [1.54, 1.807) is 49.4 Å². The maximum atomic E-state index is 13.4. The number of nitrogens with zero attached hydrogens (tertiary/aromatic N) is 2. The van der Waals surface area contributed by atoms with E-state index in [9.17, 15) is 18.0 Å². The van der Waals surface area contributed by atoms with Crippen LogP contribution < -0.4 is 5.32 Å². The highest BCUT2D eigenvalue weighted by Gasteiger charge is 2.36. The second kappa shape index (κ2) is 9.78. The number of benzene rings is 1. The molecule has 1 aliphatic rings. The molecule has 0 saturated carbocycles. The summed E-state index contributed by atoms with van der Waals surface area (Å²) in [6.45, 7) is 3.43. The van der Waals surface area contributed by atoms with Crippen LogP contribution in [0.5, 0.6) is 0 Å². The Bertz CT molecular complexity index is 1320. The first kappa shape index (κ1) is 23.7. The lowest BCUT2D eigenvalue weighted by Crippen LogP contribution is -2.41. The van der Waals surface area contributed by atoms with E-state index in [1.165, 1.54) is 23.6 Å². The van der Waals surface area contributed by atoms with Gasteiger partial charge in [0, 0.05) is 30.3 Å². The van der Waals surface area contributed by atoms with Gasteiger partial charge in [-0.15, -0.1) is 0 Å². The van der Waals surface area contributed by atoms with Crippen molar-refractivity contribution in [2.75, 3.05) is 18.4 Å². The molecule has 178 valence electrons. The van der Waals surface area contributed by atoms with Gasteiger partial charge in [0.05, 0.1) is 6.26 Å². The number of anilines is 1. The van der Waals surface area contributed by atoms with Crippen LogP contribution in [0.3, 0.4) is 0 Å². The summed E-state index contributed by atoms with van der Waals surface area (Å²) in [7, 11) is -3.87. The lowest BCUT2D eigenvalue weighted by molar-refractivity contribution is -0.120. The molecule has 1 aliphatic heterocycles. The highest BCUT2D eigenvalue weighted by molar-refractivity contribution is 7.89. The van der Waals surface area contributed by atoms with E-state index in [-0.39, 0.29) is 47.0 Å². The van der Waals surface area contributed by atoms with Crippen molar-refractivity contribution in [3.8, 4) is 0 Å². The third kappa shape index (κ3) is 5.02. The zero-order valence-electron chi connectivity index (χ0n) is 18.9. The van der Waals surface area contributed by atoms with Crippen molar-refractivity contribution in [2.45, 2.75) is 31.6 Å². The first-order valence-corrected chi connectivity index (χ1v) is 12.3. The van der Waals surface area contributed by atoms with Gasteiger partial charge in [-0.1, -0.05) is 17.3 Å². The quantitative estimate of drug-likeness (QED) is 0.504. The van der Waals surface area contributed by atoms with Gasteiger partial charge in [0.15, 0.2) is 16.4 Å². The number of rotatable bonds is 7. The van der Waals surface area contributed by atoms with Crippen molar-refractivity contribution in [3.63, 3.8) is 0 Å². The Morgan fingerprint density at radius 1 is 1.15 bits per heavy atom. The summed E-state index contributed by atoms with van der Waals surface area (Å²) in [5, 5.41) is 6.67. The molecule has 1 amide bonds. The number of hydrogen-bond donors (Lipinski definition) is 1. The van der Waals surface area contributed by atoms with Gasteiger partial charge < -0.3 is 14.3 Å². The lowest BCUT2D eigenvalue weighted by atomic mass is 9.97. The highest BCUT2D eigenvalue weighted by atomic mass is 32.2. The second-order valence-electron chi connectivity index (χ2n) is 8.11. The fourth-order valence-electron chi connectivity index (χ4n) is 3.89. The molecule has 2 aromatic heterocycles. The molecule has 1 N–H and O–H groups in total. The normalized spacial score (nSPS) is 15.6. The average Bonchev–Trinajstić information content (AvgIpc) is 3.47. The Morgan fingerprint density at radius 2 is 1.91 bits per heavy atom. The van der Waals surface area contributed by atoms with E-state index < -0.39 is 10.0 Å². The number of sulfonamides is 1. The predicted octanol–water partition coefficient (Wildman–Crippen LogP) is 3.99. The molecule has 3 aromatic rings. The summed E-state index contributed by atoms with van der Waals surface area (Å²) in [5.74, 6) is 0.0597. The van der Waals surface area contributed by atoms with Crippen molar-refractivity contribution in [1.82, 2.24) is 9.46 Å². The summed E-state index contributed by atoms with van der Waals surface area (Å²) < 4.78 is 38.6. The number of piperidine rings is 1. The van der Waals surface area contributed by atoms with Gasteiger partial charge in [-0.05, 0) is 63.1 Å². The van der Waals surface area contributed by atoms with Gasteiger partial charge in [0.1, 0.15) is 11.5 Å². The minimum absolute atomic E-state index is 0.0132. The van der Waals surface area contributed by atoms with Gasteiger partial charge in [-0.2, -0.15) is 4.31 Å². The minimum atomic E-state index is -3.87. The van der Waals surface area contributed by atoms with Crippen molar-refractivity contribution in [2.24, 2.45) is 5.92 Å². The Balaban J connectivity index is 1.43. The summed E-state index contributed by atoms with van der Waals surface area (Å²) in [6, 6.07) is 10.2. The summed E-state index contributed by atoms with van der Waals surface area (Å²) in [4.78, 5) is 24.3. The third-order valence-corrected chi connectivity index (χ3v) is 7.79. The Kier molecular flexibility index (Phi) is 6.80. The largest absolute Gasteiger partial charge is 0.465 e. The van der Waals surface area contributed by atoms with Gasteiger partial charge in [0.25, 0.3) is 0 Å². The van der Waals surface area contributed by atoms with Crippen LogP contribution >= 0.6 is 0 Å². The predicted molar refractivity (Wildman–Crippen MR) is 125 cm³/mol. The van der Waals surface area contributed by atoms with Gasteiger partial charge in [-0.3, -0.25) is 9.59 Å². The topological polar surface area (TPSA) is 123 Å². The number of furan rings is 1. The van der Waals surface area contributed by atoms with Crippen molar-refractivity contribution >= 4 is 39.6 Å². The lowest BCUT2D eigenvalue weighted by Gasteiger charge is -2.30. The van der Waals surface area contributed by atoms with Crippen LogP contribution in [-0.2, 0) is 14.8 Å². The maximum absolute atomic E-state index is 13.4. The second-order valence-corrected chi connectivity index (χ2v) is 9.99. The number of aromatic nitrogens is 1. The molecule has 1 fully saturated rings. The molecule has 3 heterocycles. The Labute approximate surface area is 197 Å². The molecule has 0 bridgehead atoms. The number of Topliss-reactive ketones (excluding diaryl/α,β-unsaturated/α-hetero) is 1. The molecule has 1 saturated heterocycles. The van der Waals surface area contributed by atoms with Crippen LogP contribution in [0.4, 0.5) is 5.69 Å². The van der Waals surface area contributed by atoms with E-state index >= 15 is 0 Å². The van der Waals surface area contributed by atoms with E-state index in [4.69, 9.17) is 8.94 Å². The van der Waals surface area contributed by atoms with Crippen molar-refractivity contribution < 1.29 is 26.9 Å². The summed E-state index contributed by atoms with van der Waals surface area (Å²) >= 11 is 0. The first-order valence-electron chi connectivity index (χ1n) is 10.9. The highest BCUT2D eigenvalue weighted by Crippen LogP contribution is 2.29. The molecule has 0 spiro atoms. The van der Waals surface area contributed by atoms with Gasteiger partial charge >= 0.3 is 0 Å². The number of amides is 1. The van der Waals surface area contributed by atoms with Crippen LogP contribution in [0, 0.1) is 12.8 Å². The Morgan fingerprint density at radius 3 is 2.59 bits per heavy atom. The molecule has 1 aromatic carbocycles. The van der Waals surface area contributed by atoms with Crippen LogP contribution in [0.1, 0.15) is 47.3 Å². The third-order valence-electron chi connectivity index (χ3n) is 5.73. The van der Waals surface area contributed by atoms with Crippen LogP contribution in [0.25, 0.3) is 12.2 Å². The molecule has 0 unspecified atom stereocenters. The monoisotopic (exact) mass is 483 g/mol. The van der Waals surface area contributed by atoms with Crippen LogP contribution in [0.2, 0.25) is 0 Å². The zero-order valence-corrected chi connectivity index (χ0v) is 19.7. The summed E-state index contributed by atoms with van der Waals surface area (Å²) in [6.07, 6.45) is 5.39. The average molecular weight is 484 g/mol. The minimum Gasteiger partial charge on any atom is -0.465 e. The smallest absolute Gasteiger partial charge is 0.248 e. The number of carbonyl (C=O) groups is 2. The van der Waals surface area contributed by atoms with Crippen LogP contribution in [-0.4, -0.2) is 42.7 Å². The Hall–Kier alpha value is -3.50. The van der Waals surface area contributed by atoms with Crippen molar-refractivity contribution in [3.05, 3.63) is 65.4 Å². The fourth-order valence-corrected chi connectivity index (χ4v) is 5.61.